The summed E-state index contributed by atoms with van der Waals surface area (Å²) in [6.07, 6.45) is 1.60. The molecule has 1 saturated heterocycles. The fraction of sp³-hybridized carbons (Fsp3) is 0.636. The molecule has 6 nitrogen and oxygen atoms in total. The van der Waals surface area contributed by atoms with Crippen LogP contribution in [0.25, 0.3) is 0 Å². The van der Waals surface area contributed by atoms with E-state index in [4.69, 9.17) is 10.5 Å². The highest BCUT2D eigenvalue weighted by molar-refractivity contribution is 5.49. The molecule has 0 atom stereocenters. The van der Waals surface area contributed by atoms with Crippen LogP contribution in [-0.4, -0.2) is 56.4 Å². The second kappa shape index (κ2) is 5.79. The molecular formula is C11H19N5O. The van der Waals surface area contributed by atoms with Crippen LogP contribution in [-0.2, 0) is 4.74 Å². The third-order valence-corrected chi connectivity index (χ3v) is 2.83. The Morgan fingerprint density at radius 1 is 1.41 bits per heavy atom. The molecule has 1 aliphatic heterocycles. The molecule has 0 spiro atoms. The van der Waals surface area contributed by atoms with Crippen LogP contribution >= 0.6 is 0 Å². The molecule has 0 amide bonds. The van der Waals surface area contributed by atoms with Gasteiger partial charge in [0, 0.05) is 39.3 Å². The number of nitrogens with two attached hydrogens (primary N) is 1. The van der Waals surface area contributed by atoms with Gasteiger partial charge in [-0.1, -0.05) is 0 Å². The first-order valence-electron chi connectivity index (χ1n) is 5.87. The summed E-state index contributed by atoms with van der Waals surface area (Å²) in [5.41, 5.74) is 5.54. The molecule has 94 valence electrons. The lowest BCUT2D eigenvalue weighted by molar-refractivity contribution is 0.122. The molecule has 17 heavy (non-hydrogen) atoms. The van der Waals surface area contributed by atoms with E-state index < -0.39 is 0 Å². The molecule has 0 aromatic carbocycles. The average Bonchev–Trinajstić information content (AvgIpc) is 2.40. The van der Waals surface area contributed by atoms with Gasteiger partial charge in [-0.15, -0.1) is 0 Å². The fourth-order valence-corrected chi connectivity index (χ4v) is 1.82. The van der Waals surface area contributed by atoms with Crippen molar-refractivity contribution in [2.24, 2.45) is 5.73 Å². The van der Waals surface area contributed by atoms with Crippen LogP contribution in [0.5, 0.6) is 0 Å². The normalized spacial score (nSPS) is 16.0. The number of ether oxygens (including phenoxy) is 1. The van der Waals surface area contributed by atoms with Crippen molar-refractivity contribution in [1.29, 1.82) is 0 Å². The zero-order valence-corrected chi connectivity index (χ0v) is 10.2. The van der Waals surface area contributed by atoms with Gasteiger partial charge in [0.2, 0.25) is 0 Å². The molecule has 1 aliphatic rings. The van der Waals surface area contributed by atoms with Crippen LogP contribution in [0.15, 0.2) is 12.4 Å². The average molecular weight is 237 g/mol. The molecular weight excluding hydrogens is 218 g/mol. The molecule has 2 heterocycles. The quantitative estimate of drug-likeness (QED) is 0.776. The SMILES string of the molecule is CN(CCN)c1cc(N2CCOCC2)ncn1. The summed E-state index contributed by atoms with van der Waals surface area (Å²) in [4.78, 5) is 12.8. The number of rotatable bonds is 4. The lowest BCUT2D eigenvalue weighted by atomic mass is 10.4. The minimum atomic E-state index is 0.618. The van der Waals surface area contributed by atoms with Gasteiger partial charge in [-0.2, -0.15) is 0 Å². The van der Waals surface area contributed by atoms with E-state index in [1.165, 1.54) is 0 Å². The Hall–Kier alpha value is -1.40. The Labute approximate surface area is 101 Å². The monoisotopic (exact) mass is 237 g/mol. The van der Waals surface area contributed by atoms with E-state index in [1.807, 2.05) is 18.0 Å². The molecule has 0 unspecified atom stereocenters. The van der Waals surface area contributed by atoms with Gasteiger partial charge < -0.3 is 20.3 Å². The Morgan fingerprint density at radius 3 is 2.88 bits per heavy atom. The minimum absolute atomic E-state index is 0.618. The Bertz CT molecular complexity index is 353. The summed E-state index contributed by atoms with van der Waals surface area (Å²) in [6.45, 7) is 4.71. The molecule has 1 fully saturated rings. The van der Waals surface area contributed by atoms with Crippen molar-refractivity contribution in [3.05, 3.63) is 12.4 Å². The first-order chi connectivity index (χ1) is 8.31. The van der Waals surface area contributed by atoms with Crippen LogP contribution in [0.3, 0.4) is 0 Å². The van der Waals surface area contributed by atoms with Gasteiger partial charge in [0.05, 0.1) is 13.2 Å². The molecule has 0 aliphatic carbocycles. The van der Waals surface area contributed by atoms with Crippen molar-refractivity contribution in [1.82, 2.24) is 9.97 Å². The highest BCUT2D eigenvalue weighted by Gasteiger charge is 2.13. The molecule has 0 bridgehead atoms. The summed E-state index contributed by atoms with van der Waals surface area (Å²) in [7, 11) is 1.98. The number of morpholine rings is 1. The second-order valence-electron chi connectivity index (χ2n) is 4.04. The number of aromatic nitrogens is 2. The number of hydrogen-bond donors (Lipinski definition) is 1. The summed E-state index contributed by atoms with van der Waals surface area (Å²) < 4.78 is 5.33. The summed E-state index contributed by atoms with van der Waals surface area (Å²) in [5.74, 6) is 1.87. The number of nitrogens with zero attached hydrogens (tertiary/aromatic N) is 4. The lowest BCUT2D eigenvalue weighted by Crippen LogP contribution is -2.37. The minimum Gasteiger partial charge on any atom is -0.378 e. The Balaban J connectivity index is 2.09. The zero-order chi connectivity index (χ0) is 12.1. The Morgan fingerprint density at radius 2 is 2.18 bits per heavy atom. The van der Waals surface area contributed by atoms with Gasteiger partial charge in [0.15, 0.2) is 0 Å². The topological polar surface area (TPSA) is 67.5 Å². The summed E-state index contributed by atoms with van der Waals surface area (Å²) in [6, 6.07) is 2.00. The molecule has 1 aromatic heterocycles. The maximum atomic E-state index is 5.54. The molecule has 2 rings (SSSR count). The van der Waals surface area contributed by atoms with Crippen molar-refractivity contribution in [3.63, 3.8) is 0 Å². The predicted octanol–water partition coefficient (Wildman–Crippen LogP) is -0.292. The van der Waals surface area contributed by atoms with Crippen LogP contribution < -0.4 is 15.5 Å². The lowest BCUT2D eigenvalue weighted by Gasteiger charge is -2.28. The fourth-order valence-electron chi connectivity index (χ4n) is 1.82. The zero-order valence-electron chi connectivity index (χ0n) is 10.2. The maximum Gasteiger partial charge on any atom is 0.134 e. The van der Waals surface area contributed by atoms with Crippen LogP contribution in [0.1, 0.15) is 0 Å². The number of likely N-dealkylation sites (N-methyl/N-ethyl adjacent to an activating group) is 1. The van der Waals surface area contributed by atoms with Gasteiger partial charge in [0.25, 0.3) is 0 Å². The van der Waals surface area contributed by atoms with Gasteiger partial charge in [-0.05, 0) is 0 Å². The van der Waals surface area contributed by atoms with E-state index in [0.29, 0.717) is 6.54 Å². The first kappa shape index (κ1) is 12.1. The van der Waals surface area contributed by atoms with Crippen LogP contribution in [0.4, 0.5) is 11.6 Å². The molecule has 6 heteroatoms. The van der Waals surface area contributed by atoms with E-state index in [1.54, 1.807) is 6.33 Å². The molecule has 0 radical (unpaired) electrons. The second-order valence-corrected chi connectivity index (χ2v) is 4.04. The van der Waals surface area contributed by atoms with Crippen molar-refractivity contribution in [3.8, 4) is 0 Å². The number of anilines is 2. The van der Waals surface area contributed by atoms with E-state index in [0.717, 1.165) is 44.5 Å². The smallest absolute Gasteiger partial charge is 0.134 e. The van der Waals surface area contributed by atoms with Crippen molar-refractivity contribution < 1.29 is 4.74 Å². The van der Waals surface area contributed by atoms with Crippen molar-refractivity contribution in [2.45, 2.75) is 0 Å². The van der Waals surface area contributed by atoms with Crippen LogP contribution in [0, 0.1) is 0 Å². The largest absolute Gasteiger partial charge is 0.378 e. The number of hydrogen-bond acceptors (Lipinski definition) is 6. The summed E-state index contributed by atoms with van der Waals surface area (Å²) in [5, 5.41) is 0. The molecule has 0 saturated carbocycles. The highest BCUT2D eigenvalue weighted by atomic mass is 16.5. The first-order valence-corrected chi connectivity index (χ1v) is 5.87. The predicted molar refractivity (Wildman–Crippen MR) is 67.4 cm³/mol. The molecule has 1 aromatic rings. The standard InChI is InChI=1S/C11H19N5O/c1-15(3-2-12)10-8-11(14-9-13-10)16-4-6-17-7-5-16/h8-9H,2-7,12H2,1H3. The third-order valence-electron chi connectivity index (χ3n) is 2.83. The van der Waals surface area contributed by atoms with E-state index in [9.17, 15) is 0 Å². The van der Waals surface area contributed by atoms with E-state index in [2.05, 4.69) is 14.9 Å². The van der Waals surface area contributed by atoms with E-state index >= 15 is 0 Å². The Kier molecular flexibility index (Phi) is 4.11. The van der Waals surface area contributed by atoms with Crippen LogP contribution in [0.2, 0.25) is 0 Å². The van der Waals surface area contributed by atoms with E-state index in [-0.39, 0.29) is 0 Å². The summed E-state index contributed by atoms with van der Waals surface area (Å²) >= 11 is 0. The third kappa shape index (κ3) is 3.04. The van der Waals surface area contributed by atoms with Gasteiger partial charge in [0.1, 0.15) is 18.0 Å². The highest BCUT2D eigenvalue weighted by Crippen LogP contribution is 2.17. The van der Waals surface area contributed by atoms with Crippen molar-refractivity contribution in [2.75, 3.05) is 56.2 Å². The van der Waals surface area contributed by atoms with Gasteiger partial charge >= 0.3 is 0 Å². The molecule has 2 N–H and O–H groups in total. The van der Waals surface area contributed by atoms with Gasteiger partial charge in [-0.25, -0.2) is 9.97 Å². The van der Waals surface area contributed by atoms with Crippen molar-refractivity contribution >= 4 is 11.6 Å². The van der Waals surface area contributed by atoms with Gasteiger partial charge in [-0.3, -0.25) is 0 Å². The maximum absolute atomic E-state index is 5.54.